The minimum absolute atomic E-state index is 0.352. The van der Waals surface area contributed by atoms with Crippen LogP contribution in [-0.2, 0) is 6.54 Å². The van der Waals surface area contributed by atoms with E-state index in [1.165, 1.54) is 37.9 Å². The lowest BCUT2D eigenvalue weighted by Gasteiger charge is -2.50. The van der Waals surface area contributed by atoms with Crippen LogP contribution in [0.15, 0.2) is 42.7 Å². The molecule has 2 aromatic rings. The Hall–Kier alpha value is -1.98. The van der Waals surface area contributed by atoms with E-state index < -0.39 is 0 Å². The zero-order valence-corrected chi connectivity index (χ0v) is 16.3. The number of rotatable bonds is 4. The lowest BCUT2D eigenvalue weighted by Crippen LogP contribution is -2.51. The van der Waals surface area contributed by atoms with Gasteiger partial charge in [0.25, 0.3) is 0 Å². The molecule has 0 aliphatic carbocycles. The van der Waals surface area contributed by atoms with Crippen molar-refractivity contribution in [3.63, 3.8) is 0 Å². The van der Waals surface area contributed by atoms with E-state index in [-0.39, 0.29) is 0 Å². The van der Waals surface area contributed by atoms with E-state index in [4.69, 9.17) is 5.73 Å². The highest BCUT2D eigenvalue weighted by Crippen LogP contribution is 2.45. The third-order valence-electron chi connectivity index (χ3n) is 6.48. The maximum Gasteiger partial charge on any atom is 0.219 e. The molecule has 0 bridgehead atoms. The number of nitrogens with two attached hydrogens (primary N) is 1. The van der Waals surface area contributed by atoms with Crippen molar-refractivity contribution in [2.75, 3.05) is 38.5 Å². The molecule has 2 aliphatic heterocycles. The molecule has 1 aromatic carbocycles. The maximum absolute atomic E-state index is 5.60. The molecule has 144 valence electrons. The van der Waals surface area contributed by atoms with Crippen molar-refractivity contribution in [3.8, 4) is 0 Å². The van der Waals surface area contributed by atoms with Gasteiger partial charge >= 0.3 is 0 Å². The Bertz CT molecular complexity index is 722. The van der Waals surface area contributed by atoms with Crippen LogP contribution in [0, 0.1) is 5.41 Å². The van der Waals surface area contributed by atoms with Crippen LogP contribution in [0.5, 0.6) is 0 Å². The third kappa shape index (κ3) is 4.30. The van der Waals surface area contributed by atoms with Gasteiger partial charge in [-0.15, -0.1) is 0 Å². The number of nitrogen functional groups attached to an aromatic ring is 1. The summed E-state index contributed by atoms with van der Waals surface area (Å²) in [6, 6.07) is 11.1. The number of likely N-dealkylation sites (tertiary alicyclic amines) is 2. The highest BCUT2D eigenvalue weighted by molar-refractivity contribution is 5.22. The Balaban J connectivity index is 1.41. The highest BCUT2D eigenvalue weighted by Gasteiger charge is 2.41. The first-order chi connectivity index (χ1) is 13.2. The minimum atomic E-state index is 0.352. The first-order valence-electron chi connectivity index (χ1n) is 10.2. The minimum Gasteiger partial charge on any atom is -0.368 e. The Kier molecular flexibility index (Phi) is 5.41. The molecule has 2 fully saturated rings. The Morgan fingerprint density at radius 1 is 1.07 bits per heavy atom. The summed E-state index contributed by atoms with van der Waals surface area (Å²) >= 11 is 0. The standard InChI is InChI=1S/C22H31N5/c1-2-26-16-20(19-6-4-3-5-7-19)12-22(17-26)8-10-27(11-9-22)15-18-13-24-21(23)25-14-18/h3-7,13-14,20H,2,8-12,15-17H2,1H3,(H2,23,24,25)/t20-/m0/s1. The SMILES string of the molecule is CCN1C[C@@H](c2ccccc2)CC2(CCN(Cc3cnc(N)nc3)CC2)C1. The zero-order valence-electron chi connectivity index (χ0n) is 16.3. The van der Waals surface area contributed by atoms with E-state index in [2.05, 4.69) is 57.0 Å². The maximum atomic E-state index is 5.60. The van der Waals surface area contributed by atoms with Gasteiger partial charge in [-0.2, -0.15) is 0 Å². The summed E-state index contributed by atoms with van der Waals surface area (Å²) in [6.45, 7) is 9.15. The van der Waals surface area contributed by atoms with E-state index in [0.717, 1.165) is 31.7 Å². The summed E-state index contributed by atoms with van der Waals surface area (Å²) in [6.07, 6.45) is 7.60. The molecular formula is C22H31N5. The Morgan fingerprint density at radius 2 is 1.78 bits per heavy atom. The van der Waals surface area contributed by atoms with E-state index >= 15 is 0 Å². The fourth-order valence-electron chi connectivity index (χ4n) is 4.94. The molecule has 0 radical (unpaired) electrons. The summed E-state index contributed by atoms with van der Waals surface area (Å²) < 4.78 is 0. The largest absolute Gasteiger partial charge is 0.368 e. The van der Waals surface area contributed by atoms with Crippen LogP contribution in [-0.4, -0.2) is 52.5 Å². The second kappa shape index (κ2) is 7.95. The van der Waals surface area contributed by atoms with Gasteiger partial charge < -0.3 is 10.6 Å². The second-order valence-electron chi connectivity index (χ2n) is 8.37. The molecule has 1 aromatic heterocycles. The lowest BCUT2D eigenvalue weighted by atomic mass is 9.68. The molecule has 1 spiro atoms. The van der Waals surface area contributed by atoms with E-state index in [1.54, 1.807) is 0 Å². The molecule has 0 amide bonds. The predicted molar refractivity (Wildman–Crippen MR) is 109 cm³/mol. The smallest absolute Gasteiger partial charge is 0.219 e. The Morgan fingerprint density at radius 3 is 2.44 bits per heavy atom. The first kappa shape index (κ1) is 18.4. The quantitative estimate of drug-likeness (QED) is 0.902. The molecule has 4 rings (SSSR count). The number of anilines is 1. The summed E-state index contributed by atoms with van der Waals surface area (Å²) in [5.41, 5.74) is 8.73. The van der Waals surface area contributed by atoms with Crippen molar-refractivity contribution in [3.05, 3.63) is 53.9 Å². The van der Waals surface area contributed by atoms with Gasteiger partial charge in [0.05, 0.1) is 0 Å². The van der Waals surface area contributed by atoms with Crippen LogP contribution in [0.3, 0.4) is 0 Å². The molecule has 0 unspecified atom stereocenters. The van der Waals surface area contributed by atoms with Gasteiger partial charge in [0.2, 0.25) is 5.95 Å². The average Bonchev–Trinajstić information content (AvgIpc) is 2.72. The number of benzene rings is 1. The Labute approximate surface area is 162 Å². The molecular weight excluding hydrogens is 334 g/mol. The summed E-state index contributed by atoms with van der Waals surface area (Å²) in [5, 5.41) is 0. The van der Waals surface area contributed by atoms with Crippen molar-refractivity contribution >= 4 is 5.95 Å². The lowest BCUT2D eigenvalue weighted by molar-refractivity contribution is 0.0137. The molecule has 1 atom stereocenters. The number of hydrogen-bond donors (Lipinski definition) is 1. The molecule has 5 nitrogen and oxygen atoms in total. The zero-order chi connectivity index (χ0) is 18.7. The molecule has 2 saturated heterocycles. The average molecular weight is 366 g/mol. The second-order valence-corrected chi connectivity index (χ2v) is 8.37. The number of aromatic nitrogens is 2. The van der Waals surface area contributed by atoms with Gasteiger partial charge in [-0.3, -0.25) is 4.90 Å². The van der Waals surface area contributed by atoms with E-state index in [0.29, 0.717) is 17.3 Å². The van der Waals surface area contributed by atoms with Crippen LogP contribution in [0.2, 0.25) is 0 Å². The fraction of sp³-hybridized carbons (Fsp3) is 0.545. The van der Waals surface area contributed by atoms with Crippen LogP contribution >= 0.6 is 0 Å². The van der Waals surface area contributed by atoms with Gasteiger partial charge in [-0.1, -0.05) is 37.3 Å². The van der Waals surface area contributed by atoms with Gasteiger partial charge in [-0.05, 0) is 55.8 Å². The van der Waals surface area contributed by atoms with Crippen molar-refractivity contribution in [2.45, 2.75) is 38.6 Å². The molecule has 0 saturated carbocycles. The van der Waals surface area contributed by atoms with Crippen LogP contribution in [0.25, 0.3) is 0 Å². The number of likely N-dealkylation sites (N-methyl/N-ethyl adjacent to an activating group) is 1. The van der Waals surface area contributed by atoms with Gasteiger partial charge in [0.1, 0.15) is 0 Å². The normalized spacial score (nSPS) is 23.5. The van der Waals surface area contributed by atoms with E-state index in [1.807, 2.05) is 12.4 Å². The van der Waals surface area contributed by atoms with Crippen molar-refractivity contribution < 1.29 is 0 Å². The molecule has 27 heavy (non-hydrogen) atoms. The summed E-state index contributed by atoms with van der Waals surface area (Å²) in [4.78, 5) is 13.5. The summed E-state index contributed by atoms with van der Waals surface area (Å²) in [5.74, 6) is 1.02. The number of nitrogens with zero attached hydrogens (tertiary/aromatic N) is 4. The summed E-state index contributed by atoms with van der Waals surface area (Å²) in [7, 11) is 0. The highest BCUT2D eigenvalue weighted by atomic mass is 15.2. The molecule has 2 aliphatic rings. The monoisotopic (exact) mass is 365 g/mol. The number of piperidine rings is 2. The van der Waals surface area contributed by atoms with Gasteiger partial charge in [0.15, 0.2) is 0 Å². The van der Waals surface area contributed by atoms with Gasteiger partial charge in [-0.25, -0.2) is 9.97 Å². The van der Waals surface area contributed by atoms with Crippen LogP contribution in [0.4, 0.5) is 5.95 Å². The predicted octanol–water partition coefficient (Wildman–Crippen LogP) is 3.15. The third-order valence-corrected chi connectivity index (χ3v) is 6.48. The van der Waals surface area contributed by atoms with Crippen molar-refractivity contribution in [1.29, 1.82) is 0 Å². The van der Waals surface area contributed by atoms with Gasteiger partial charge in [0, 0.05) is 37.6 Å². The molecule has 5 heteroatoms. The van der Waals surface area contributed by atoms with Crippen LogP contribution < -0.4 is 5.73 Å². The van der Waals surface area contributed by atoms with Crippen molar-refractivity contribution in [1.82, 2.24) is 19.8 Å². The molecule has 3 heterocycles. The van der Waals surface area contributed by atoms with Crippen molar-refractivity contribution in [2.24, 2.45) is 5.41 Å². The number of hydrogen-bond acceptors (Lipinski definition) is 5. The van der Waals surface area contributed by atoms with Crippen LogP contribution in [0.1, 0.15) is 43.2 Å². The molecule has 2 N–H and O–H groups in total. The van der Waals surface area contributed by atoms with E-state index in [9.17, 15) is 0 Å². The topological polar surface area (TPSA) is 58.3 Å². The fourth-order valence-corrected chi connectivity index (χ4v) is 4.94. The first-order valence-corrected chi connectivity index (χ1v) is 10.2.